The van der Waals surface area contributed by atoms with Crippen LogP contribution in [0.25, 0.3) is 0 Å². The zero-order valence-electron chi connectivity index (χ0n) is 17.7. The van der Waals surface area contributed by atoms with Crippen molar-refractivity contribution in [3.63, 3.8) is 0 Å². The van der Waals surface area contributed by atoms with Gasteiger partial charge in [-0.2, -0.15) is 0 Å². The van der Waals surface area contributed by atoms with Gasteiger partial charge < -0.3 is 13.9 Å². The third-order valence-corrected chi connectivity index (χ3v) is 6.02. The molecule has 0 saturated heterocycles. The second-order valence-corrected chi connectivity index (χ2v) is 8.22. The second-order valence-electron chi connectivity index (χ2n) is 7.27. The summed E-state index contributed by atoms with van der Waals surface area (Å²) in [6.45, 7) is 9.37. The minimum absolute atomic E-state index is 0.103. The number of methoxy groups -OCH3 is 1. The topological polar surface area (TPSA) is 61.9 Å². The lowest BCUT2D eigenvalue weighted by atomic mass is 10.2. The first-order valence-electron chi connectivity index (χ1n) is 9.69. The average molecular weight is 413 g/mol. The Morgan fingerprint density at radius 1 is 1.17 bits per heavy atom. The zero-order chi connectivity index (χ0) is 21.0. The number of aryl methyl sites for hydroxylation is 2. The van der Waals surface area contributed by atoms with Gasteiger partial charge in [0, 0.05) is 24.1 Å². The number of ether oxygens (including phenoxy) is 1. The first-order valence-corrected chi connectivity index (χ1v) is 10.7. The van der Waals surface area contributed by atoms with Crippen LogP contribution in [0.5, 0.6) is 0 Å². The van der Waals surface area contributed by atoms with E-state index in [9.17, 15) is 4.79 Å². The monoisotopic (exact) mass is 412 g/mol. The predicted octanol–water partition coefficient (Wildman–Crippen LogP) is 4.24. The summed E-state index contributed by atoms with van der Waals surface area (Å²) in [4.78, 5) is 12.9. The summed E-state index contributed by atoms with van der Waals surface area (Å²) >= 11 is 1.44. The van der Waals surface area contributed by atoms with Crippen LogP contribution in [0.1, 0.15) is 46.1 Å². The molecule has 0 spiro atoms. The summed E-state index contributed by atoms with van der Waals surface area (Å²) in [7, 11) is 1.70. The summed E-state index contributed by atoms with van der Waals surface area (Å²) in [6.07, 6.45) is 0. The molecule has 3 rings (SSSR count). The molecule has 0 amide bonds. The summed E-state index contributed by atoms with van der Waals surface area (Å²) in [6, 6.07) is 12.4. The molecule has 0 saturated carbocycles. The summed E-state index contributed by atoms with van der Waals surface area (Å²) in [5, 5.41) is 9.25. The number of carbonyl (C=O) groups excluding carboxylic acids is 1. The van der Waals surface area contributed by atoms with Crippen LogP contribution >= 0.6 is 11.8 Å². The van der Waals surface area contributed by atoms with Gasteiger partial charge in [-0.15, -0.1) is 10.2 Å². The molecule has 0 aliphatic heterocycles. The van der Waals surface area contributed by atoms with E-state index in [0.717, 1.165) is 27.9 Å². The van der Waals surface area contributed by atoms with E-state index in [-0.39, 0.29) is 11.8 Å². The van der Waals surface area contributed by atoms with Crippen molar-refractivity contribution in [1.82, 2.24) is 19.3 Å². The Kier molecular flexibility index (Phi) is 6.92. The molecule has 0 aliphatic carbocycles. The smallest absolute Gasteiger partial charge is 0.191 e. The van der Waals surface area contributed by atoms with Crippen molar-refractivity contribution in [3.8, 4) is 0 Å². The van der Waals surface area contributed by atoms with E-state index in [0.29, 0.717) is 18.9 Å². The van der Waals surface area contributed by atoms with E-state index < -0.39 is 0 Å². The molecule has 1 atom stereocenters. The Morgan fingerprint density at radius 3 is 2.59 bits per heavy atom. The van der Waals surface area contributed by atoms with E-state index >= 15 is 0 Å². The van der Waals surface area contributed by atoms with E-state index in [4.69, 9.17) is 4.74 Å². The van der Waals surface area contributed by atoms with Crippen molar-refractivity contribution >= 4 is 17.5 Å². The van der Waals surface area contributed by atoms with Crippen LogP contribution < -0.4 is 0 Å². The highest BCUT2D eigenvalue weighted by Crippen LogP contribution is 2.24. The first kappa shape index (κ1) is 21.3. The van der Waals surface area contributed by atoms with Crippen molar-refractivity contribution in [2.75, 3.05) is 19.5 Å². The molecule has 0 fully saturated rings. The molecule has 6 nitrogen and oxygen atoms in total. The first-order chi connectivity index (χ1) is 13.9. The van der Waals surface area contributed by atoms with Crippen molar-refractivity contribution < 1.29 is 9.53 Å². The van der Waals surface area contributed by atoms with E-state index in [1.54, 1.807) is 7.11 Å². The normalized spacial score (nSPS) is 12.3. The van der Waals surface area contributed by atoms with Crippen LogP contribution in [0.4, 0.5) is 0 Å². The Labute approximate surface area is 176 Å². The minimum atomic E-state index is 0.103. The molecular weight excluding hydrogens is 384 g/mol. The molecule has 0 unspecified atom stereocenters. The van der Waals surface area contributed by atoms with Crippen LogP contribution in [0, 0.1) is 20.8 Å². The fourth-order valence-electron chi connectivity index (χ4n) is 3.68. The molecule has 2 aromatic heterocycles. The standard InChI is InChI=1S/C22H28N4O2S/c1-15-11-20(17(3)26(15)16(2)13-28-5)21(27)14-29-22-24-23-18(4)25(22)12-19-9-7-6-8-10-19/h6-11,16H,12-14H2,1-5H3/t16-/m1/s1. The third kappa shape index (κ3) is 4.79. The Hall–Kier alpha value is -2.38. The number of Topliss-reactive ketones (excluding diaryl/α,β-unsaturated/α-hetero) is 1. The van der Waals surface area contributed by atoms with Gasteiger partial charge >= 0.3 is 0 Å². The number of rotatable bonds is 9. The van der Waals surface area contributed by atoms with Crippen LogP contribution in [-0.4, -0.2) is 44.6 Å². The Balaban J connectivity index is 1.73. The van der Waals surface area contributed by atoms with Crippen molar-refractivity contribution in [2.24, 2.45) is 0 Å². The average Bonchev–Trinajstić information content (AvgIpc) is 3.20. The predicted molar refractivity (Wildman–Crippen MR) is 116 cm³/mol. The van der Waals surface area contributed by atoms with E-state index in [1.165, 1.54) is 17.3 Å². The van der Waals surface area contributed by atoms with Crippen LogP contribution in [-0.2, 0) is 11.3 Å². The number of benzene rings is 1. The number of hydrogen-bond acceptors (Lipinski definition) is 5. The number of aromatic nitrogens is 4. The maximum absolute atomic E-state index is 12.9. The van der Waals surface area contributed by atoms with Crippen LogP contribution in [0.2, 0.25) is 0 Å². The Bertz CT molecular complexity index is 978. The van der Waals surface area contributed by atoms with Gasteiger partial charge in [-0.3, -0.25) is 4.79 Å². The molecule has 0 bridgehead atoms. The van der Waals surface area contributed by atoms with Gasteiger partial charge in [0.05, 0.1) is 24.9 Å². The number of thioether (sulfide) groups is 1. The molecule has 1 aromatic carbocycles. The largest absolute Gasteiger partial charge is 0.383 e. The van der Waals surface area contributed by atoms with Crippen molar-refractivity contribution in [2.45, 2.75) is 45.4 Å². The summed E-state index contributed by atoms with van der Waals surface area (Å²) < 4.78 is 9.50. The Morgan fingerprint density at radius 2 is 1.90 bits per heavy atom. The van der Waals surface area contributed by atoms with Gasteiger partial charge in [0.1, 0.15) is 5.82 Å². The molecular formula is C22H28N4O2S. The van der Waals surface area contributed by atoms with Crippen LogP contribution in [0.15, 0.2) is 41.6 Å². The molecule has 0 N–H and O–H groups in total. The molecule has 29 heavy (non-hydrogen) atoms. The summed E-state index contributed by atoms with van der Waals surface area (Å²) in [5.41, 5.74) is 4.01. The molecule has 154 valence electrons. The highest BCUT2D eigenvalue weighted by atomic mass is 32.2. The highest BCUT2D eigenvalue weighted by molar-refractivity contribution is 7.99. The fraction of sp³-hybridized carbons (Fsp3) is 0.409. The van der Waals surface area contributed by atoms with Crippen molar-refractivity contribution in [3.05, 3.63) is 64.7 Å². The number of ketones is 1. The van der Waals surface area contributed by atoms with E-state index in [1.807, 2.05) is 45.0 Å². The number of nitrogens with zero attached hydrogens (tertiary/aromatic N) is 4. The van der Waals surface area contributed by atoms with Gasteiger partial charge in [0.15, 0.2) is 10.9 Å². The number of carbonyl (C=O) groups is 1. The van der Waals surface area contributed by atoms with Gasteiger partial charge in [0.2, 0.25) is 0 Å². The molecule has 7 heteroatoms. The van der Waals surface area contributed by atoms with Gasteiger partial charge in [-0.1, -0.05) is 42.1 Å². The van der Waals surface area contributed by atoms with Gasteiger partial charge in [0.25, 0.3) is 0 Å². The fourth-order valence-corrected chi connectivity index (χ4v) is 4.54. The second kappa shape index (κ2) is 9.41. The number of hydrogen-bond donors (Lipinski definition) is 0. The van der Waals surface area contributed by atoms with E-state index in [2.05, 4.69) is 38.4 Å². The maximum Gasteiger partial charge on any atom is 0.191 e. The maximum atomic E-state index is 12.9. The molecule has 0 radical (unpaired) electrons. The molecule has 2 heterocycles. The SMILES string of the molecule is COC[C@@H](C)n1c(C)cc(C(=O)CSc2nnc(C)n2Cc2ccccc2)c1C. The highest BCUT2D eigenvalue weighted by Gasteiger charge is 2.20. The zero-order valence-corrected chi connectivity index (χ0v) is 18.5. The minimum Gasteiger partial charge on any atom is -0.383 e. The molecule has 0 aliphatic rings. The third-order valence-electron chi connectivity index (χ3n) is 5.05. The lowest BCUT2D eigenvalue weighted by Gasteiger charge is -2.17. The molecule has 3 aromatic rings. The lowest BCUT2D eigenvalue weighted by Crippen LogP contribution is -2.15. The van der Waals surface area contributed by atoms with Crippen LogP contribution in [0.3, 0.4) is 0 Å². The van der Waals surface area contributed by atoms with Gasteiger partial charge in [-0.25, -0.2) is 0 Å². The van der Waals surface area contributed by atoms with Crippen molar-refractivity contribution in [1.29, 1.82) is 0 Å². The lowest BCUT2D eigenvalue weighted by molar-refractivity contribution is 0.102. The van der Waals surface area contributed by atoms with Gasteiger partial charge in [-0.05, 0) is 39.3 Å². The quantitative estimate of drug-likeness (QED) is 0.389. The summed E-state index contributed by atoms with van der Waals surface area (Å²) in [5.74, 6) is 1.27.